The van der Waals surface area contributed by atoms with Gasteiger partial charge < -0.3 is 15.2 Å². The molecule has 0 aliphatic heterocycles. The molecule has 2 aromatic carbocycles. The van der Waals surface area contributed by atoms with Crippen LogP contribution in [0.5, 0.6) is 5.75 Å². The standard InChI is InChI=1S/C22H19N5O4S/c1-31-20(30)16(12-13-6-3-2-4-7-13)24-21-26-27-22(32-21)25-19(29)15-10-9-14-8-5-11-23-17(14)18(15)28/h2-11,16,28H,12H2,1H3,(H,24,26)(H,25,27,29)/t16-/m1/s1. The van der Waals surface area contributed by atoms with Gasteiger partial charge >= 0.3 is 5.97 Å². The minimum atomic E-state index is -0.672. The van der Waals surface area contributed by atoms with Gasteiger partial charge in [-0.25, -0.2) is 4.79 Å². The molecule has 4 aromatic rings. The quantitative estimate of drug-likeness (QED) is 0.367. The molecule has 3 N–H and O–H groups in total. The Morgan fingerprint density at radius 1 is 1.06 bits per heavy atom. The molecule has 162 valence electrons. The van der Waals surface area contributed by atoms with Gasteiger partial charge in [0.25, 0.3) is 5.91 Å². The van der Waals surface area contributed by atoms with Crippen molar-refractivity contribution < 1.29 is 19.4 Å². The first-order valence-electron chi connectivity index (χ1n) is 9.65. The number of nitrogens with one attached hydrogen (secondary N) is 2. The predicted octanol–water partition coefficient (Wildman–Crippen LogP) is 3.24. The molecular weight excluding hydrogens is 430 g/mol. The number of phenolic OH excluding ortho intramolecular Hbond substituents is 1. The topological polar surface area (TPSA) is 126 Å². The first kappa shape index (κ1) is 21.2. The van der Waals surface area contributed by atoms with Crippen LogP contribution in [0.1, 0.15) is 15.9 Å². The van der Waals surface area contributed by atoms with Gasteiger partial charge in [0, 0.05) is 18.0 Å². The minimum Gasteiger partial charge on any atom is -0.505 e. The van der Waals surface area contributed by atoms with Gasteiger partial charge in [-0.05, 0) is 17.7 Å². The fraction of sp³-hybridized carbons (Fsp3) is 0.136. The molecule has 0 aliphatic rings. The van der Waals surface area contributed by atoms with Crippen LogP contribution in [0, 0.1) is 0 Å². The molecule has 9 nitrogen and oxygen atoms in total. The summed E-state index contributed by atoms with van der Waals surface area (Å²) in [5.74, 6) is -1.20. The number of methoxy groups -OCH3 is 1. The third kappa shape index (κ3) is 4.65. The maximum absolute atomic E-state index is 12.7. The van der Waals surface area contributed by atoms with Crippen molar-refractivity contribution in [2.45, 2.75) is 12.5 Å². The third-order valence-corrected chi connectivity index (χ3v) is 5.47. The highest BCUT2D eigenvalue weighted by Crippen LogP contribution is 2.28. The molecule has 32 heavy (non-hydrogen) atoms. The normalized spacial score (nSPS) is 11.7. The lowest BCUT2D eigenvalue weighted by Crippen LogP contribution is -2.32. The van der Waals surface area contributed by atoms with E-state index in [1.54, 1.807) is 24.4 Å². The largest absolute Gasteiger partial charge is 0.505 e. The Hall–Kier alpha value is -4.05. The van der Waals surface area contributed by atoms with Crippen LogP contribution in [-0.2, 0) is 16.0 Å². The molecule has 0 aliphatic carbocycles. The number of nitrogens with zero attached hydrogens (tertiary/aromatic N) is 3. The van der Waals surface area contributed by atoms with E-state index in [9.17, 15) is 14.7 Å². The number of fused-ring (bicyclic) bond motifs is 1. The van der Waals surface area contributed by atoms with Gasteiger partial charge in [0.1, 0.15) is 11.6 Å². The second-order valence-electron chi connectivity index (χ2n) is 6.81. The average molecular weight is 449 g/mol. The number of hydrogen-bond acceptors (Lipinski definition) is 9. The molecule has 0 fully saturated rings. The molecule has 2 aromatic heterocycles. The lowest BCUT2D eigenvalue weighted by atomic mass is 10.1. The number of carbonyl (C=O) groups is 2. The van der Waals surface area contributed by atoms with Crippen molar-refractivity contribution in [3.05, 3.63) is 71.9 Å². The SMILES string of the molecule is COC(=O)[C@@H](Cc1ccccc1)Nc1nnc(NC(=O)c2ccc3cccnc3c2O)s1. The number of phenols is 1. The highest BCUT2D eigenvalue weighted by atomic mass is 32.1. The summed E-state index contributed by atoms with van der Waals surface area (Å²) in [6.07, 6.45) is 1.94. The average Bonchev–Trinajstić information content (AvgIpc) is 3.25. The van der Waals surface area contributed by atoms with Crippen molar-refractivity contribution in [2.75, 3.05) is 17.7 Å². The van der Waals surface area contributed by atoms with E-state index >= 15 is 0 Å². The summed E-state index contributed by atoms with van der Waals surface area (Å²) in [4.78, 5) is 29.0. The van der Waals surface area contributed by atoms with E-state index in [1.165, 1.54) is 13.2 Å². The number of aromatic hydroxyl groups is 1. The molecule has 0 spiro atoms. The number of ether oxygens (including phenoxy) is 1. The van der Waals surface area contributed by atoms with Crippen LogP contribution < -0.4 is 10.6 Å². The molecule has 0 unspecified atom stereocenters. The summed E-state index contributed by atoms with van der Waals surface area (Å²) < 4.78 is 4.89. The zero-order valence-corrected chi connectivity index (χ0v) is 17.8. The van der Waals surface area contributed by atoms with Gasteiger partial charge in [-0.1, -0.05) is 53.8 Å². The van der Waals surface area contributed by atoms with Gasteiger partial charge in [0.2, 0.25) is 10.3 Å². The Bertz CT molecular complexity index is 1260. The summed E-state index contributed by atoms with van der Waals surface area (Å²) in [7, 11) is 1.32. The lowest BCUT2D eigenvalue weighted by Gasteiger charge is -2.15. The van der Waals surface area contributed by atoms with Crippen molar-refractivity contribution in [3.8, 4) is 5.75 Å². The Morgan fingerprint density at radius 3 is 2.62 bits per heavy atom. The number of amides is 1. The molecule has 0 bridgehead atoms. The van der Waals surface area contributed by atoms with E-state index in [0.717, 1.165) is 22.3 Å². The molecule has 0 saturated carbocycles. The lowest BCUT2D eigenvalue weighted by molar-refractivity contribution is -0.141. The number of aromatic nitrogens is 3. The molecule has 1 amide bonds. The van der Waals surface area contributed by atoms with Gasteiger partial charge in [0.05, 0.1) is 12.7 Å². The summed E-state index contributed by atoms with van der Waals surface area (Å²) in [5, 5.41) is 25.3. The molecule has 1 atom stereocenters. The fourth-order valence-corrected chi connectivity index (χ4v) is 3.84. The van der Waals surface area contributed by atoms with Crippen LogP contribution in [0.25, 0.3) is 10.9 Å². The summed E-state index contributed by atoms with van der Waals surface area (Å²) in [5.41, 5.74) is 1.35. The van der Waals surface area contributed by atoms with E-state index in [1.807, 2.05) is 30.3 Å². The Balaban J connectivity index is 1.47. The van der Waals surface area contributed by atoms with Gasteiger partial charge in [0.15, 0.2) is 5.75 Å². The summed E-state index contributed by atoms with van der Waals surface area (Å²) in [6.45, 7) is 0. The Morgan fingerprint density at radius 2 is 1.84 bits per heavy atom. The van der Waals surface area contributed by atoms with Gasteiger partial charge in [-0.15, -0.1) is 10.2 Å². The molecule has 0 saturated heterocycles. The minimum absolute atomic E-state index is 0.0671. The van der Waals surface area contributed by atoms with Crippen LogP contribution in [-0.4, -0.2) is 45.3 Å². The monoisotopic (exact) mass is 449 g/mol. The Labute approximate surface area is 187 Å². The van der Waals surface area contributed by atoms with Gasteiger partial charge in [-0.2, -0.15) is 0 Å². The first-order valence-corrected chi connectivity index (χ1v) is 10.5. The number of pyridine rings is 1. The van der Waals surface area contributed by atoms with Crippen LogP contribution in [0.4, 0.5) is 10.3 Å². The smallest absolute Gasteiger partial charge is 0.328 e. The molecule has 10 heteroatoms. The number of esters is 1. The molecule has 4 rings (SSSR count). The third-order valence-electron chi connectivity index (χ3n) is 4.70. The zero-order chi connectivity index (χ0) is 22.5. The van der Waals surface area contributed by atoms with Crippen molar-refractivity contribution in [3.63, 3.8) is 0 Å². The second-order valence-corrected chi connectivity index (χ2v) is 7.79. The molecule has 0 radical (unpaired) electrons. The number of hydrogen-bond donors (Lipinski definition) is 3. The van der Waals surface area contributed by atoms with Crippen LogP contribution in [0.15, 0.2) is 60.8 Å². The highest BCUT2D eigenvalue weighted by molar-refractivity contribution is 7.19. The number of rotatable bonds is 7. The number of anilines is 2. The van der Waals surface area contributed by atoms with Gasteiger partial charge in [-0.3, -0.25) is 15.1 Å². The summed E-state index contributed by atoms with van der Waals surface area (Å²) >= 11 is 1.06. The van der Waals surface area contributed by atoms with E-state index in [0.29, 0.717) is 17.1 Å². The Kier molecular flexibility index (Phi) is 6.22. The zero-order valence-electron chi connectivity index (χ0n) is 17.0. The second kappa shape index (κ2) is 9.40. The molecular formula is C22H19N5O4S. The predicted molar refractivity (Wildman–Crippen MR) is 121 cm³/mol. The van der Waals surface area contributed by atoms with Crippen LogP contribution in [0.3, 0.4) is 0 Å². The first-order chi connectivity index (χ1) is 15.5. The number of benzene rings is 2. The van der Waals surface area contributed by atoms with E-state index in [4.69, 9.17) is 4.74 Å². The van der Waals surface area contributed by atoms with Crippen molar-refractivity contribution in [2.24, 2.45) is 0 Å². The summed E-state index contributed by atoms with van der Waals surface area (Å²) in [6, 6.07) is 15.6. The maximum atomic E-state index is 12.7. The van der Waals surface area contributed by atoms with Crippen LogP contribution >= 0.6 is 11.3 Å². The fourth-order valence-electron chi connectivity index (χ4n) is 3.14. The van der Waals surface area contributed by atoms with Crippen LogP contribution in [0.2, 0.25) is 0 Å². The maximum Gasteiger partial charge on any atom is 0.328 e. The van der Waals surface area contributed by atoms with Crippen molar-refractivity contribution in [1.29, 1.82) is 0 Å². The van der Waals surface area contributed by atoms with E-state index in [-0.39, 0.29) is 16.4 Å². The highest BCUT2D eigenvalue weighted by Gasteiger charge is 2.22. The van der Waals surface area contributed by atoms with Crippen molar-refractivity contribution in [1.82, 2.24) is 15.2 Å². The van der Waals surface area contributed by atoms with E-state index < -0.39 is 17.9 Å². The van der Waals surface area contributed by atoms with E-state index in [2.05, 4.69) is 25.8 Å². The van der Waals surface area contributed by atoms with Crippen molar-refractivity contribution >= 4 is 44.4 Å². The molecule has 2 heterocycles. The number of carbonyl (C=O) groups excluding carboxylic acids is 2.